The second-order valence-electron chi connectivity index (χ2n) is 4.19. The number of hydrogen-bond acceptors (Lipinski definition) is 1. The zero-order valence-electron chi connectivity index (χ0n) is 8.83. The van der Waals surface area contributed by atoms with Crippen LogP contribution in [0.15, 0.2) is 34.7 Å². The standard InChI is InChI=1S/C13H15ClS/c1-9-6-7-10(8-13(9)15)11-4-2-3-5-12(11)14/h2-5,10,15H,6-8H2,1H3. The molecular weight excluding hydrogens is 224 g/mol. The Morgan fingerprint density at radius 3 is 2.73 bits per heavy atom. The maximum atomic E-state index is 6.20. The molecule has 80 valence electrons. The van der Waals surface area contributed by atoms with E-state index in [1.807, 2.05) is 12.1 Å². The summed E-state index contributed by atoms with van der Waals surface area (Å²) >= 11 is 10.7. The summed E-state index contributed by atoms with van der Waals surface area (Å²) < 4.78 is 0. The van der Waals surface area contributed by atoms with Gasteiger partial charge in [0.1, 0.15) is 0 Å². The van der Waals surface area contributed by atoms with Crippen LogP contribution in [-0.4, -0.2) is 0 Å². The first-order chi connectivity index (χ1) is 7.18. The Bertz CT molecular complexity index is 395. The topological polar surface area (TPSA) is 0 Å². The Labute approximate surface area is 102 Å². The van der Waals surface area contributed by atoms with E-state index in [2.05, 4.69) is 31.7 Å². The number of thiol groups is 1. The third-order valence-corrected chi connectivity index (χ3v) is 4.05. The molecule has 1 aliphatic carbocycles. The third-order valence-electron chi connectivity index (χ3n) is 3.15. The van der Waals surface area contributed by atoms with Gasteiger partial charge in [-0.05, 0) is 48.6 Å². The van der Waals surface area contributed by atoms with E-state index >= 15 is 0 Å². The molecule has 15 heavy (non-hydrogen) atoms. The minimum atomic E-state index is 0.551. The van der Waals surface area contributed by atoms with Crippen molar-refractivity contribution in [3.05, 3.63) is 45.3 Å². The molecule has 1 aromatic rings. The van der Waals surface area contributed by atoms with Crippen LogP contribution in [0.5, 0.6) is 0 Å². The SMILES string of the molecule is CC1=C(S)CC(c2ccccc2Cl)CC1. The van der Waals surface area contributed by atoms with Crippen LogP contribution in [0.4, 0.5) is 0 Å². The van der Waals surface area contributed by atoms with Crippen LogP contribution in [0.25, 0.3) is 0 Å². The van der Waals surface area contributed by atoms with Gasteiger partial charge in [-0.3, -0.25) is 0 Å². The van der Waals surface area contributed by atoms with E-state index in [-0.39, 0.29) is 0 Å². The second kappa shape index (κ2) is 4.63. The summed E-state index contributed by atoms with van der Waals surface area (Å²) in [5.41, 5.74) is 2.71. The van der Waals surface area contributed by atoms with Gasteiger partial charge in [0.25, 0.3) is 0 Å². The molecule has 1 aliphatic rings. The van der Waals surface area contributed by atoms with E-state index in [0.29, 0.717) is 5.92 Å². The number of allylic oxidation sites excluding steroid dienone is 2. The van der Waals surface area contributed by atoms with Gasteiger partial charge in [0, 0.05) is 5.02 Å². The summed E-state index contributed by atoms with van der Waals surface area (Å²) in [7, 11) is 0. The van der Waals surface area contributed by atoms with E-state index in [4.69, 9.17) is 11.6 Å². The van der Waals surface area contributed by atoms with Gasteiger partial charge < -0.3 is 0 Å². The average Bonchev–Trinajstić information content (AvgIpc) is 2.23. The fraction of sp³-hybridized carbons (Fsp3) is 0.385. The van der Waals surface area contributed by atoms with Crippen molar-refractivity contribution < 1.29 is 0 Å². The molecule has 0 heterocycles. The second-order valence-corrected chi connectivity index (χ2v) is 5.14. The van der Waals surface area contributed by atoms with E-state index in [9.17, 15) is 0 Å². The van der Waals surface area contributed by atoms with Crippen molar-refractivity contribution in [1.82, 2.24) is 0 Å². The van der Waals surface area contributed by atoms with Gasteiger partial charge in [-0.25, -0.2) is 0 Å². The Kier molecular flexibility index (Phi) is 3.42. The normalized spacial score (nSPS) is 21.9. The van der Waals surface area contributed by atoms with Crippen LogP contribution in [0.1, 0.15) is 37.7 Å². The van der Waals surface area contributed by atoms with Crippen LogP contribution in [0.3, 0.4) is 0 Å². The van der Waals surface area contributed by atoms with Crippen molar-refractivity contribution in [2.45, 2.75) is 32.1 Å². The van der Waals surface area contributed by atoms with Gasteiger partial charge in [-0.15, -0.1) is 12.6 Å². The van der Waals surface area contributed by atoms with E-state index in [1.54, 1.807) is 0 Å². The third kappa shape index (κ3) is 2.40. The highest BCUT2D eigenvalue weighted by molar-refractivity contribution is 7.84. The van der Waals surface area contributed by atoms with Crippen LogP contribution < -0.4 is 0 Å². The van der Waals surface area contributed by atoms with Gasteiger partial charge >= 0.3 is 0 Å². The van der Waals surface area contributed by atoms with Crippen LogP contribution in [-0.2, 0) is 0 Å². The molecule has 1 atom stereocenters. The molecule has 0 aromatic heterocycles. The summed E-state index contributed by atoms with van der Waals surface area (Å²) in [6.07, 6.45) is 3.38. The molecule has 0 radical (unpaired) electrons. The molecule has 0 amide bonds. The van der Waals surface area contributed by atoms with Crippen molar-refractivity contribution in [3.8, 4) is 0 Å². The molecule has 0 spiro atoms. The lowest BCUT2D eigenvalue weighted by atomic mass is 9.85. The molecule has 0 saturated carbocycles. The quantitative estimate of drug-likeness (QED) is 0.667. The Balaban J connectivity index is 2.24. The molecule has 1 aromatic carbocycles. The fourth-order valence-electron chi connectivity index (χ4n) is 2.12. The lowest BCUT2D eigenvalue weighted by Gasteiger charge is -2.24. The highest BCUT2D eigenvalue weighted by Gasteiger charge is 2.20. The molecule has 1 unspecified atom stereocenters. The first-order valence-corrected chi connectivity index (χ1v) is 6.13. The molecule has 0 aliphatic heterocycles. The first-order valence-electron chi connectivity index (χ1n) is 5.30. The van der Waals surface area contributed by atoms with Crippen LogP contribution in [0, 0.1) is 0 Å². The van der Waals surface area contributed by atoms with Crippen LogP contribution >= 0.6 is 24.2 Å². The van der Waals surface area contributed by atoms with Crippen molar-refractivity contribution in [1.29, 1.82) is 0 Å². The summed E-state index contributed by atoms with van der Waals surface area (Å²) in [5, 5.41) is 0.892. The van der Waals surface area contributed by atoms with Crippen molar-refractivity contribution >= 4 is 24.2 Å². The average molecular weight is 239 g/mol. The van der Waals surface area contributed by atoms with Gasteiger partial charge in [0.05, 0.1) is 0 Å². The largest absolute Gasteiger partial charge is 0.148 e. The van der Waals surface area contributed by atoms with E-state index < -0.39 is 0 Å². The monoisotopic (exact) mass is 238 g/mol. The summed E-state index contributed by atoms with van der Waals surface area (Å²) in [5.74, 6) is 0.551. The molecule has 0 nitrogen and oxygen atoms in total. The zero-order chi connectivity index (χ0) is 10.8. The molecular formula is C13H15ClS. The highest BCUT2D eigenvalue weighted by Crippen LogP contribution is 2.39. The minimum absolute atomic E-state index is 0.551. The summed E-state index contributed by atoms with van der Waals surface area (Å²) in [4.78, 5) is 1.24. The fourth-order valence-corrected chi connectivity index (χ4v) is 2.74. The Morgan fingerprint density at radius 2 is 2.07 bits per heavy atom. The van der Waals surface area contributed by atoms with Crippen molar-refractivity contribution in [2.75, 3.05) is 0 Å². The number of halogens is 1. The highest BCUT2D eigenvalue weighted by atomic mass is 35.5. The molecule has 0 bridgehead atoms. The molecule has 2 heteroatoms. The maximum Gasteiger partial charge on any atom is 0.0440 e. The number of hydrogen-bond donors (Lipinski definition) is 1. The maximum absolute atomic E-state index is 6.20. The summed E-state index contributed by atoms with van der Waals surface area (Å²) in [6, 6.07) is 8.15. The molecule has 0 fully saturated rings. The Hall–Kier alpha value is -0.400. The zero-order valence-corrected chi connectivity index (χ0v) is 10.5. The predicted molar refractivity (Wildman–Crippen MR) is 69.7 cm³/mol. The molecule has 2 rings (SSSR count). The first kappa shape index (κ1) is 11.1. The lowest BCUT2D eigenvalue weighted by Crippen LogP contribution is -2.06. The molecule has 0 N–H and O–H groups in total. The Morgan fingerprint density at radius 1 is 1.33 bits per heavy atom. The number of benzene rings is 1. The van der Waals surface area contributed by atoms with Gasteiger partial charge in [0.15, 0.2) is 0 Å². The van der Waals surface area contributed by atoms with E-state index in [0.717, 1.165) is 17.9 Å². The minimum Gasteiger partial charge on any atom is -0.148 e. The van der Waals surface area contributed by atoms with Crippen LogP contribution in [0.2, 0.25) is 5.02 Å². The number of rotatable bonds is 1. The van der Waals surface area contributed by atoms with Gasteiger partial charge in [-0.1, -0.05) is 35.4 Å². The lowest BCUT2D eigenvalue weighted by molar-refractivity contribution is 0.594. The van der Waals surface area contributed by atoms with E-state index in [1.165, 1.54) is 22.5 Å². The van der Waals surface area contributed by atoms with Gasteiger partial charge in [-0.2, -0.15) is 0 Å². The van der Waals surface area contributed by atoms with Crippen molar-refractivity contribution in [3.63, 3.8) is 0 Å². The molecule has 0 saturated heterocycles. The predicted octanol–water partition coefficient (Wildman–Crippen LogP) is 4.81. The van der Waals surface area contributed by atoms with Crippen molar-refractivity contribution in [2.24, 2.45) is 0 Å². The summed E-state index contributed by atoms with van der Waals surface area (Å²) in [6.45, 7) is 2.17. The van der Waals surface area contributed by atoms with Gasteiger partial charge in [0.2, 0.25) is 0 Å². The smallest absolute Gasteiger partial charge is 0.0440 e.